The average Bonchev–Trinajstić information content (AvgIpc) is 3.08. The van der Waals surface area contributed by atoms with Gasteiger partial charge < -0.3 is 10.4 Å². The molecule has 0 aliphatic heterocycles. The van der Waals surface area contributed by atoms with E-state index in [1.54, 1.807) is 18.3 Å². The van der Waals surface area contributed by atoms with Crippen LogP contribution < -0.4 is 5.32 Å². The summed E-state index contributed by atoms with van der Waals surface area (Å²) in [6.45, 7) is 0.804. The fourth-order valence-electron chi connectivity index (χ4n) is 1.83. The number of halogens is 1. The molecule has 1 heterocycles. The number of aromatic nitrogens is 1. The minimum absolute atomic E-state index is 0.131. The summed E-state index contributed by atoms with van der Waals surface area (Å²) in [5.74, 6) is -0.165. The van der Waals surface area contributed by atoms with Crippen molar-refractivity contribution in [3.63, 3.8) is 0 Å². The normalized spacial score (nSPS) is 16.6. The third-order valence-electron chi connectivity index (χ3n) is 3.20. The minimum atomic E-state index is -0.165. The maximum Gasteiger partial charge on any atom is 0.271 e. The summed E-state index contributed by atoms with van der Waals surface area (Å²) in [4.78, 5) is 15.9. The lowest BCUT2D eigenvalue weighted by atomic mass is 10.0. The van der Waals surface area contributed by atoms with E-state index in [1.165, 1.54) is 0 Å². The van der Waals surface area contributed by atoms with Crippen LogP contribution in [0.1, 0.15) is 29.8 Å². The molecule has 0 saturated heterocycles. The number of carbonyl (C=O) groups is 1. The molecule has 1 aliphatic rings. The number of rotatable bonds is 5. The van der Waals surface area contributed by atoms with Gasteiger partial charge in [0.15, 0.2) is 0 Å². The van der Waals surface area contributed by atoms with Gasteiger partial charge in [-0.05, 0) is 52.7 Å². The number of pyridine rings is 1. The van der Waals surface area contributed by atoms with E-state index in [0.29, 0.717) is 16.7 Å². The maximum absolute atomic E-state index is 11.9. The van der Waals surface area contributed by atoms with Crippen LogP contribution in [-0.2, 0) is 0 Å². The summed E-state index contributed by atoms with van der Waals surface area (Å²) in [6.07, 6.45) is 4.52. The van der Waals surface area contributed by atoms with Crippen LogP contribution in [0.25, 0.3) is 0 Å². The van der Waals surface area contributed by atoms with Crippen molar-refractivity contribution in [2.75, 3.05) is 13.2 Å². The summed E-state index contributed by atoms with van der Waals surface area (Å²) >= 11 is 3.30. The highest BCUT2D eigenvalue weighted by Gasteiger charge is 2.42. The van der Waals surface area contributed by atoms with Crippen molar-refractivity contribution in [3.8, 4) is 0 Å². The Balaban J connectivity index is 1.92. The molecule has 1 aromatic heterocycles. The van der Waals surface area contributed by atoms with Gasteiger partial charge in [0.05, 0.1) is 0 Å². The maximum atomic E-state index is 11.9. The molecule has 1 amide bonds. The van der Waals surface area contributed by atoms with Crippen LogP contribution in [0, 0.1) is 5.41 Å². The molecule has 0 radical (unpaired) electrons. The van der Waals surface area contributed by atoms with E-state index in [4.69, 9.17) is 5.11 Å². The molecule has 2 N–H and O–H groups in total. The zero-order valence-electron chi connectivity index (χ0n) is 9.45. The van der Waals surface area contributed by atoms with Gasteiger partial charge in [-0.25, -0.2) is 4.98 Å². The summed E-state index contributed by atoms with van der Waals surface area (Å²) in [7, 11) is 0. The standard InChI is InChI=1S/C12H15BrN2O2/c13-9-2-1-6-14-10(9)11(17)15-8-12(3-4-12)5-7-16/h1-2,6,16H,3-5,7-8H2,(H,15,17). The molecular weight excluding hydrogens is 284 g/mol. The second kappa shape index (κ2) is 5.14. The quantitative estimate of drug-likeness (QED) is 0.870. The second-order valence-electron chi connectivity index (χ2n) is 4.49. The number of amides is 1. The summed E-state index contributed by atoms with van der Waals surface area (Å²) in [6, 6.07) is 3.57. The van der Waals surface area contributed by atoms with Crippen LogP contribution >= 0.6 is 15.9 Å². The lowest BCUT2D eigenvalue weighted by molar-refractivity contribution is 0.0935. The van der Waals surface area contributed by atoms with Gasteiger partial charge in [0.25, 0.3) is 5.91 Å². The van der Waals surface area contributed by atoms with Crippen molar-refractivity contribution in [3.05, 3.63) is 28.5 Å². The highest BCUT2D eigenvalue weighted by Crippen LogP contribution is 2.47. The lowest BCUT2D eigenvalue weighted by Gasteiger charge is -2.14. The predicted octanol–water partition coefficient (Wildman–Crippen LogP) is 1.74. The molecular formula is C12H15BrN2O2. The molecule has 17 heavy (non-hydrogen) atoms. The number of aliphatic hydroxyl groups is 1. The Bertz CT molecular complexity index is 419. The lowest BCUT2D eigenvalue weighted by Crippen LogP contribution is -2.31. The van der Waals surface area contributed by atoms with E-state index in [2.05, 4.69) is 26.2 Å². The molecule has 0 unspecified atom stereocenters. The summed E-state index contributed by atoms with van der Waals surface area (Å²) in [5.41, 5.74) is 0.540. The van der Waals surface area contributed by atoms with E-state index in [1.807, 2.05) is 0 Å². The zero-order valence-corrected chi connectivity index (χ0v) is 11.0. The highest BCUT2D eigenvalue weighted by atomic mass is 79.9. The van der Waals surface area contributed by atoms with E-state index in [0.717, 1.165) is 19.3 Å². The third kappa shape index (κ3) is 3.04. The molecule has 0 aromatic carbocycles. The largest absolute Gasteiger partial charge is 0.396 e. The van der Waals surface area contributed by atoms with E-state index in [9.17, 15) is 4.79 Å². The number of nitrogens with one attached hydrogen (secondary N) is 1. The first-order valence-electron chi connectivity index (χ1n) is 5.66. The van der Waals surface area contributed by atoms with Crippen molar-refractivity contribution >= 4 is 21.8 Å². The molecule has 1 aromatic rings. The van der Waals surface area contributed by atoms with Gasteiger partial charge >= 0.3 is 0 Å². The number of hydrogen-bond donors (Lipinski definition) is 2. The fourth-order valence-corrected chi connectivity index (χ4v) is 2.27. The van der Waals surface area contributed by atoms with Gasteiger partial charge in [-0.1, -0.05) is 0 Å². The Kier molecular flexibility index (Phi) is 3.79. The first-order valence-corrected chi connectivity index (χ1v) is 6.46. The molecule has 4 nitrogen and oxygen atoms in total. The van der Waals surface area contributed by atoms with Crippen LogP contribution in [0.15, 0.2) is 22.8 Å². The van der Waals surface area contributed by atoms with Crippen LogP contribution in [0.3, 0.4) is 0 Å². The molecule has 92 valence electrons. The Morgan fingerprint density at radius 3 is 2.94 bits per heavy atom. The van der Waals surface area contributed by atoms with E-state index < -0.39 is 0 Å². The second-order valence-corrected chi connectivity index (χ2v) is 5.34. The zero-order chi connectivity index (χ0) is 12.3. The van der Waals surface area contributed by atoms with Gasteiger partial charge in [-0.2, -0.15) is 0 Å². The van der Waals surface area contributed by atoms with Crippen molar-refractivity contribution in [1.82, 2.24) is 10.3 Å². The van der Waals surface area contributed by atoms with E-state index in [-0.39, 0.29) is 17.9 Å². The Morgan fingerprint density at radius 1 is 1.59 bits per heavy atom. The predicted molar refractivity (Wildman–Crippen MR) is 67.6 cm³/mol. The van der Waals surface area contributed by atoms with Crippen molar-refractivity contribution in [2.45, 2.75) is 19.3 Å². The van der Waals surface area contributed by atoms with Crippen molar-refractivity contribution in [2.24, 2.45) is 5.41 Å². The van der Waals surface area contributed by atoms with Gasteiger partial charge in [0.2, 0.25) is 0 Å². The van der Waals surface area contributed by atoms with Crippen LogP contribution in [-0.4, -0.2) is 29.1 Å². The molecule has 0 atom stereocenters. The Hall–Kier alpha value is -0.940. The molecule has 0 bridgehead atoms. The fraction of sp³-hybridized carbons (Fsp3) is 0.500. The van der Waals surface area contributed by atoms with E-state index >= 15 is 0 Å². The first kappa shape index (κ1) is 12.5. The number of aliphatic hydroxyl groups excluding tert-OH is 1. The smallest absolute Gasteiger partial charge is 0.271 e. The van der Waals surface area contributed by atoms with Gasteiger partial charge in [-0.3, -0.25) is 4.79 Å². The van der Waals surface area contributed by atoms with Gasteiger partial charge in [-0.15, -0.1) is 0 Å². The third-order valence-corrected chi connectivity index (χ3v) is 3.84. The topological polar surface area (TPSA) is 62.2 Å². The number of hydrogen-bond acceptors (Lipinski definition) is 3. The highest BCUT2D eigenvalue weighted by molar-refractivity contribution is 9.10. The Labute approximate surface area is 109 Å². The monoisotopic (exact) mass is 298 g/mol. The summed E-state index contributed by atoms with van der Waals surface area (Å²) < 4.78 is 0.699. The van der Waals surface area contributed by atoms with Crippen LogP contribution in [0.2, 0.25) is 0 Å². The average molecular weight is 299 g/mol. The molecule has 5 heteroatoms. The van der Waals surface area contributed by atoms with Gasteiger partial charge in [0, 0.05) is 23.8 Å². The molecule has 0 spiro atoms. The van der Waals surface area contributed by atoms with Gasteiger partial charge in [0.1, 0.15) is 5.69 Å². The van der Waals surface area contributed by atoms with Crippen molar-refractivity contribution < 1.29 is 9.90 Å². The number of nitrogens with zero attached hydrogens (tertiary/aromatic N) is 1. The number of carbonyl (C=O) groups excluding carboxylic acids is 1. The summed E-state index contributed by atoms with van der Waals surface area (Å²) in [5, 5.41) is 11.8. The SMILES string of the molecule is O=C(NCC1(CCO)CC1)c1ncccc1Br. The molecule has 1 fully saturated rings. The molecule has 1 saturated carbocycles. The molecule has 2 rings (SSSR count). The minimum Gasteiger partial charge on any atom is -0.396 e. The Morgan fingerprint density at radius 2 is 2.35 bits per heavy atom. The molecule has 1 aliphatic carbocycles. The van der Waals surface area contributed by atoms with Crippen LogP contribution in [0.5, 0.6) is 0 Å². The van der Waals surface area contributed by atoms with Crippen molar-refractivity contribution in [1.29, 1.82) is 0 Å². The first-order chi connectivity index (χ1) is 8.17. The van der Waals surface area contributed by atoms with Crippen LogP contribution in [0.4, 0.5) is 0 Å².